The van der Waals surface area contributed by atoms with Gasteiger partial charge in [0, 0.05) is 5.56 Å². The monoisotopic (exact) mass is 308 g/mol. The molecule has 0 bridgehead atoms. The predicted molar refractivity (Wildman–Crippen MR) is 85.3 cm³/mol. The van der Waals surface area contributed by atoms with E-state index < -0.39 is 6.10 Å². The molecule has 4 nitrogen and oxygen atoms in total. The van der Waals surface area contributed by atoms with Crippen LogP contribution in [0.4, 0.5) is 0 Å². The first-order valence-electron chi connectivity index (χ1n) is 7.41. The Balaban J connectivity index is 2.15. The fourth-order valence-corrected chi connectivity index (χ4v) is 3.00. The minimum atomic E-state index is -0.419. The van der Waals surface area contributed by atoms with Gasteiger partial charge in [0.15, 0.2) is 17.9 Å². The number of ether oxygens (including phenoxy) is 1. The Morgan fingerprint density at radius 1 is 1.26 bits per heavy atom. The predicted octanol–water partition coefficient (Wildman–Crippen LogP) is 3.72. The summed E-state index contributed by atoms with van der Waals surface area (Å²) in [5.41, 5.74) is 2.45. The zero-order valence-corrected chi connectivity index (χ0v) is 13.0. The van der Waals surface area contributed by atoms with Crippen molar-refractivity contribution in [2.45, 2.75) is 26.4 Å². The number of ketones is 2. The van der Waals surface area contributed by atoms with E-state index in [0.29, 0.717) is 23.0 Å². The first-order chi connectivity index (χ1) is 11.0. The second kappa shape index (κ2) is 5.80. The molecule has 116 valence electrons. The van der Waals surface area contributed by atoms with Crippen LogP contribution >= 0.6 is 0 Å². The molecule has 23 heavy (non-hydrogen) atoms. The molecule has 0 spiro atoms. The molecule has 0 saturated heterocycles. The summed E-state index contributed by atoms with van der Waals surface area (Å²) in [6.07, 6.45) is 0.403. The van der Waals surface area contributed by atoms with Gasteiger partial charge >= 0.3 is 0 Å². The first-order valence-corrected chi connectivity index (χ1v) is 7.41. The molecule has 1 aliphatic rings. The fraction of sp³-hybridized carbons (Fsp3) is 0.211. The van der Waals surface area contributed by atoms with E-state index in [1.54, 1.807) is 6.92 Å². The zero-order valence-electron chi connectivity index (χ0n) is 13.0. The van der Waals surface area contributed by atoms with Crippen LogP contribution in [-0.2, 0) is 0 Å². The van der Waals surface area contributed by atoms with Crippen LogP contribution in [0.2, 0.25) is 0 Å². The van der Waals surface area contributed by atoms with Crippen LogP contribution in [0.3, 0.4) is 0 Å². The van der Waals surface area contributed by atoms with Gasteiger partial charge in [0.1, 0.15) is 11.9 Å². The topological polar surface area (TPSA) is 60.4 Å². The Bertz CT molecular complexity index is 806. The van der Waals surface area contributed by atoms with Gasteiger partial charge in [-0.3, -0.25) is 14.4 Å². The fourth-order valence-electron chi connectivity index (χ4n) is 3.00. The number of Topliss-reactive ketones (excluding diaryl/α,β-unsaturated/α-hetero) is 2. The van der Waals surface area contributed by atoms with E-state index in [2.05, 4.69) is 0 Å². The normalized spacial score (nSPS) is 16.4. The molecule has 3 rings (SSSR count). The lowest BCUT2D eigenvalue weighted by atomic mass is 9.88. The molecule has 1 atom stereocenters. The first kappa shape index (κ1) is 15.2. The molecular formula is C19H16O4. The Labute approximate surface area is 134 Å². The van der Waals surface area contributed by atoms with Crippen LogP contribution in [-0.4, -0.2) is 17.9 Å². The van der Waals surface area contributed by atoms with Gasteiger partial charge in [0.05, 0.1) is 17.5 Å². The SMILES string of the molecule is CC(=O)c1cc(C=O)c2c(c1C)C(=O)C[C@@H](c1ccccc1)O2. The number of fused-ring (bicyclic) bond motifs is 1. The maximum Gasteiger partial charge on any atom is 0.170 e. The number of aldehydes is 1. The van der Waals surface area contributed by atoms with Gasteiger partial charge in [0.25, 0.3) is 0 Å². The summed E-state index contributed by atoms with van der Waals surface area (Å²) in [4.78, 5) is 35.8. The highest BCUT2D eigenvalue weighted by atomic mass is 16.5. The van der Waals surface area contributed by atoms with E-state index in [4.69, 9.17) is 4.74 Å². The highest BCUT2D eigenvalue weighted by Gasteiger charge is 2.32. The van der Waals surface area contributed by atoms with E-state index in [1.165, 1.54) is 13.0 Å². The third-order valence-electron chi connectivity index (χ3n) is 4.16. The van der Waals surface area contributed by atoms with Crippen molar-refractivity contribution in [3.8, 4) is 5.75 Å². The van der Waals surface area contributed by atoms with Gasteiger partial charge in [-0.05, 0) is 31.0 Å². The Morgan fingerprint density at radius 3 is 2.57 bits per heavy atom. The molecule has 1 aliphatic heterocycles. The van der Waals surface area contributed by atoms with E-state index in [-0.39, 0.29) is 29.3 Å². The largest absolute Gasteiger partial charge is 0.484 e. The lowest BCUT2D eigenvalue weighted by molar-refractivity contribution is 0.0846. The second-order valence-electron chi connectivity index (χ2n) is 5.66. The molecule has 0 aromatic heterocycles. The molecule has 2 aromatic carbocycles. The van der Waals surface area contributed by atoms with Crippen molar-refractivity contribution in [2.24, 2.45) is 0 Å². The summed E-state index contributed by atoms with van der Waals surface area (Å²) in [6.45, 7) is 3.14. The molecular weight excluding hydrogens is 292 g/mol. The van der Waals surface area contributed by atoms with E-state index >= 15 is 0 Å². The molecule has 0 radical (unpaired) electrons. The quantitative estimate of drug-likeness (QED) is 0.640. The summed E-state index contributed by atoms with van der Waals surface area (Å²) in [7, 11) is 0. The van der Waals surface area contributed by atoms with E-state index in [1.807, 2.05) is 30.3 Å². The van der Waals surface area contributed by atoms with Crippen molar-refractivity contribution < 1.29 is 19.1 Å². The number of benzene rings is 2. The van der Waals surface area contributed by atoms with Gasteiger partial charge in [-0.1, -0.05) is 30.3 Å². The Morgan fingerprint density at radius 2 is 1.96 bits per heavy atom. The second-order valence-corrected chi connectivity index (χ2v) is 5.66. The molecule has 0 unspecified atom stereocenters. The Kier molecular flexibility index (Phi) is 3.82. The standard InChI is InChI=1S/C19H16O4/c1-11-15(12(2)21)8-14(10-20)19-18(11)16(22)9-17(23-19)13-6-4-3-5-7-13/h3-8,10,17H,9H2,1-2H3/t17-/m0/s1. The molecule has 0 fully saturated rings. The van der Waals surface area contributed by atoms with Gasteiger partial charge in [-0.15, -0.1) is 0 Å². The van der Waals surface area contributed by atoms with Crippen molar-refractivity contribution in [2.75, 3.05) is 0 Å². The molecule has 0 N–H and O–H groups in total. The lowest BCUT2D eigenvalue weighted by Crippen LogP contribution is -2.23. The summed E-state index contributed by atoms with van der Waals surface area (Å²) in [6, 6.07) is 10.9. The number of rotatable bonds is 3. The summed E-state index contributed by atoms with van der Waals surface area (Å²) in [5, 5.41) is 0. The maximum absolute atomic E-state index is 12.6. The molecule has 0 saturated carbocycles. The molecule has 0 amide bonds. The number of carbonyl (C=O) groups is 3. The maximum atomic E-state index is 12.6. The van der Waals surface area contributed by atoms with Crippen molar-refractivity contribution in [3.05, 3.63) is 64.2 Å². The van der Waals surface area contributed by atoms with E-state index in [0.717, 1.165) is 5.56 Å². The van der Waals surface area contributed by atoms with Crippen molar-refractivity contribution in [1.82, 2.24) is 0 Å². The van der Waals surface area contributed by atoms with Gasteiger partial charge in [-0.2, -0.15) is 0 Å². The van der Waals surface area contributed by atoms with Crippen LogP contribution in [0, 0.1) is 6.92 Å². The van der Waals surface area contributed by atoms with Crippen molar-refractivity contribution in [1.29, 1.82) is 0 Å². The minimum absolute atomic E-state index is 0.108. The molecule has 2 aromatic rings. The third-order valence-corrected chi connectivity index (χ3v) is 4.16. The van der Waals surface area contributed by atoms with Gasteiger partial charge < -0.3 is 4.74 Å². The summed E-state index contributed by atoms with van der Waals surface area (Å²) < 4.78 is 5.96. The average molecular weight is 308 g/mol. The van der Waals surface area contributed by atoms with Gasteiger partial charge in [0.2, 0.25) is 0 Å². The highest BCUT2D eigenvalue weighted by molar-refractivity contribution is 6.08. The van der Waals surface area contributed by atoms with Crippen LogP contribution in [0.1, 0.15) is 61.6 Å². The van der Waals surface area contributed by atoms with E-state index in [9.17, 15) is 14.4 Å². The summed E-state index contributed by atoms with van der Waals surface area (Å²) in [5.74, 6) is 0.00258. The third kappa shape index (κ3) is 2.57. The summed E-state index contributed by atoms with van der Waals surface area (Å²) >= 11 is 0. The van der Waals surface area contributed by atoms with Crippen molar-refractivity contribution >= 4 is 17.9 Å². The number of hydrogen-bond acceptors (Lipinski definition) is 4. The van der Waals surface area contributed by atoms with Crippen LogP contribution < -0.4 is 4.74 Å². The molecule has 1 heterocycles. The molecule has 0 aliphatic carbocycles. The van der Waals surface area contributed by atoms with Crippen molar-refractivity contribution in [3.63, 3.8) is 0 Å². The lowest BCUT2D eigenvalue weighted by Gasteiger charge is -2.28. The van der Waals surface area contributed by atoms with Gasteiger partial charge in [-0.25, -0.2) is 0 Å². The van der Waals surface area contributed by atoms with Crippen LogP contribution in [0.5, 0.6) is 5.75 Å². The minimum Gasteiger partial charge on any atom is -0.484 e. The number of carbonyl (C=O) groups excluding carboxylic acids is 3. The highest BCUT2D eigenvalue weighted by Crippen LogP contribution is 2.39. The number of hydrogen-bond donors (Lipinski definition) is 0. The zero-order chi connectivity index (χ0) is 16.6. The van der Waals surface area contributed by atoms with Crippen LogP contribution in [0.25, 0.3) is 0 Å². The Hall–Kier alpha value is -2.75. The molecule has 4 heteroatoms. The van der Waals surface area contributed by atoms with Crippen LogP contribution in [0.15, 0.2) is 36.4 Å². The smallest absolute Gasteiger partial charge is 0.170 e. The average Bonchev–Trinajstić information content (AvgIpc) is 2.55.